The highest BCUT2D eigenvalue weighted by Crippen LogP contribution is 2.40. The van der Waals surface area contributed by atoms with E-state index in [1.54, 1.807) is 31.4 Å². The number of carbonyl (C=O) groups excluding carboxylic acids is 1. The third kappa shape index (κ3) is 11.8. The largest absolute Gasteiger partial charge is 0.497 e. The van der Waals surface area contributed by atoms with Crippen LogP contribution >= 0.6 is 0 Å². The van der Waals surface area contributed by atoms with Gasteiger partial charge in [-0.15, -0.1) is 0 Å². The van der Waals surface area contributed by atoms with Crippen LogP contribution < -0.4 is 9.47 Å². The van der Waals surface area contributed by atoms with E-state index in [1.807, 2.05) is 152 Å². The second kappa shape index (κ2) is 23.4. The number of fused-ring (bicyclic) bond motifs is 1. The Labute approximate surface area is 396 Å². The van der Waals surface area contributed by atoms with Crippen molar-refractivity contribution in [2.45, 2.75) is 94.1 Å². The molecule has 6 aromatic rings. The smallest absolute Gasteiger partial charge is 0.337 e. The molecule has 354 valence electrons. The third-order valence-corrected chi connectivity index (χ3v) is 12.0. The molecule has 0 unspecified atom stereocenters. The first kappa shape index (κ1) is 47.1. The van der Waals surface area contributed by atoms with E-state index in [0.29, 0.717) is 11.5 Å². The molecule has 68 heavy (non-hydrogen) atoms. The fourth-order valence-corrected chi connectivity index (χ4v) is 8.54. The lowest BCUT2D eigenvalue weighted by Gasteiger charge is -2.51. The molecule has 0 aliphatic carbocycles. The Morgan fingerprint density at radius 3 is 1.44 bits per heavy atom. The zero-order valence-corrected chi connectivity index (χ0v) is 37.9. The van der Waals surface area contributed by atoms with Gasteiger partial charge in [-0.2, -0.15) is 0 Å². The van der Waals surface area contributed by atoms with Crippen molar-refractivity contribution in [3.63, 3.8) is 0 Å². The maximum atomic E-state index is 14.1. The molecule has 3 aliphatic heterocycles. The fourth-order valence-electron chi connectivity index (χ4n) is 8.54. The molecule has 3 saturated heterocycles. The lowest BCUT2D eigenvalue weighted by molar-refractivity contribution is -0.392. The molecule has 0 saturated carbocycles. The summed E-state index contributed by atoms with van der Waals surface area (Å²) in [5.74, 6) is 0.477. The fraction of sp³-hybridized carbons (Fsp3) is 0.327. The van der Waals surface area contributed by atoms with E-state index in [4.69, 9.17) is 56.8 Å². The molecular weight excluding hydrogens is 869 g/mol. The number of ether oxygens (including phenoxy) is 12. The predicted molar refractivity (Wildman–Crippen MR) is 248 cm³/mol. The Bertz CT molecular complexity index is 2410. The van der Waals surface area contributed by atoms with Crippen molar-refractivity contribution in [1.29, 1.82) is 0 Å². The minimum absolute atomic E-state index is 0.125. The number of hydrogen-bond donors (Lipinski definition) is 0. The van der Waals surface area contributed by atoms with Crippen molar-refractivity contribution in [3.8, 4) is 11.5 Å². The topological polar surface area (TPSA) is 128 Å². The van der Waals surface area contributed by atoms with Crippen LogP contribution in [0.5, 0.6) is 11.5 Å². The van der Waals surface area contributed by atoms with E-state index in [-0.39, 0.29) is 33.0 Å². The van der Waals surface area contributed by atoms with Crippen molar-refractivity contribution in [3.05, 3.63) is 204 Å². The Kier molecular flexibility index (Phi) is 16.2. The molecule has 11 atom stereocenters. The lowest BCUT2D eigenvalue weighted by Crippen LogP contribution is -2.68. The zero-order chi connectivity index (χ0) is 46.5. The molecular formula is C55H56O13. The van der Waals surface area contributed by atoms with Gasteiger partial charge in [-0.3, -0.25) is 0 Å². The van der Waals surface area contributed by atoms with Crippen LogP contribution in [0.1, 0.15) is 34.1 Å². The summed E-state index contributed by atoms with van der Waals surface area (Å²) in [7, 11) is 2.91. The SMILES string of the molecule is COC(=O)[C@H]1O[C@H](O[C@H]2[C@H]3O[C@@H](c4ccccc4)OC[C@H]3O[C@@H](Oc3ccc(OC)cc3)[C@@H]2OCc2ccccc2)[C@H](OCc2ccccc2)[C@H](OCc2ccccc2)[C@H]1OCc1ccccc1. The standard InChI is InChI=1S/C55H56O13/c1-57-42-28-30-43(31-29-42)64-54-51(62-35-40-24-14-6-15-25-40)48(45-44(65-54)36-63-53(66-45)41-26-16-7-17-27-41)67-55-50(61-34-39-22-12-5-13-23-39)47(60-33-38-20-10-4-11-21-38)46(49(68-55)52(56)58-2)59-32-37-18-8-3-9-19-37/h3-31,44-51,53-55H,32-36H2,1-2H3/t44-,45+,46-,47-,48+,49+,50-,51-,53+,54-,55+/m1/s1. The van der Waals surface area contributed by atoms with Gasteiger partial charge in [0.25, 0.3) is 0 Å². The molecule has 13 nitrogen and oxygen atoms in total. The van der Waals surface area contributed by atoms with Crippen LogP contribution in [0.25, 0.3) is 0 Å². The number of benzene rings is 6. The number of methoxy groups -OCH3 is 2. The first-order valence-electron chi connectivity index (χ1n) is 22.8. The molecule has 3 aliphatic rings. The van der Waals surface area contributed by atoms with Crippen molar-refractivity contribution < 1.29 is 61.6 Å². The number of hydrogen-bond acceptors (Lipinski definition) is 13. The molecule has 0 spiro atoms. The molecule has 0 N–H and O–H groups in total. The minimum Gasteiger partial charge on any atom is -0.497 e. The maximum Gasteiger partial charge on any atom is 0.337 e. The van der Waals surface area contributed by atoms with Gasteiger partial charge in [-0.05, 0) is 46.5 Å². The van der Waals surface area contributed by atoms with Crippen LogP contribution in [0.4, 0.5) is 0 Å². The van der Waals surface area contributed by atoms with Gasteiger partial charge in [0.15, 0.2) is 18.7 Å². The van der Waals surface area contributed by atoms with Gasteiger partial charge in [0.05, 0.1) is 47.3 Å². The van der Waals surface area contributed by atoms with Gasteiger partial charge in [-0.25, -0.2) is 4.79 Å². The van der Waals surface area contributed by atoms with Crippen LogP contribution in [-0.4, -0.2) is 88.2 Å². The van der Waals surface area contributed by atoms with Crippen LogP contribution in [0.3, 0.4) is 0 Å². The summed E-state index contributed by atoms with van der Waals surface area (Å²) in [6.07, 6.45) is -11.0. The molecule has 6 aromatic carbocycles. The summed E-state index contributed by atoms with van der Waals surface area (Å²) >= 11 is 0. The van der Waals surface area contributed by atoms with Gasteiger partial charge in [0.1, 0.15) is 54.2 Å². The Morgan fingerprint density at radius 1 is 0.485 bits per heavy atom. The van der Waals surface area contributed by atoms with E-state index in [2.05, 4.69) is 0 Å². The maximum absolute atomic E-state index is 14.1. The number of carbonyl (C=O) groups is 1. The van der Waals surface area contributed by atoms with Gasteiger partial charge in [-0.1, -0.05) is 152 Å². The Hall–Kier alpha value is -5.97. The molecule has 0 aromatic heterocycles. The lowest BCUT2D eigenvalue weighted by atomic mass is 9.95. The first-order valence-corrected chi connectivity index (χ1v) is 22.8. The minimum atomic E-state index is -1.33. The van der Waals surface area contributed by atoms with Crippen molar-refractivity contribution in [2.24, 2.45) is 0 Å². The summed E-state index contributed by atoms with van der Waals surface area (Å²) in [5.41, 5.74) is 4.39. The summed E-state index contributed by atoms with van der Waals surface area (Å²) in [6, 6.07) is 55.8. The molecule has 0 bridgehead atoms. The highest BCUT2D eigenvalue weighted by molar-refractivity contribution is 5.75. The zero-order valence-electron chi connectivity index (χ0n) is 37.9. The molecule has 3 heterocycles. The summed E-state index contributed by atoms with van der Waals surface area (Å²) in [5, 5.41) is 0. The van der Waals surface area contributed by atoms with Crippen LogP contribution in [0.15, 0.2) is 176 Å². The van der Waals surface area contributed by atoms with E-state index in [0.717, 1.165) is 27.8 Å². The molecule has 0 radical (unpaired) electrons. The molecule has 3 fully saturated rings. The third-order valence-electron chi connectivity index (χ3n) is 12.0. The Balaban J connectivity index is 1.13. The average molecular weight is 925 g/mol. The summed E-state index contributed by atoms with van der Waals surface area (Å²) in [4.78, 5) is 14.1. The highest BCUT2D eigenvalue weighted by atomic mass is 16.8. The number of esters is 1. The van der Waals surface area contributed by atoms with E-state index < -0.39 is 73.7 Å². The highest BCUT2D eigenvalue weighted by Gasteiger charge is 2.57. The second-order valence-electron chi connectivity index (χ2n) is 16.6. The van der Waals surface area contributed by atoms with Crippen molar-refractivity contribution in [1.82, 2.24) is 0 Å². The van der Waals surface area contributed by atoms with Crippen LogP contribution in [-0.2, 0) is 78.6 Å². The first-order chi connectivity index (χ1) is 33.5. The molecule has 9 rings (SSSR count). The summed E-state index contributed by atoms with van der Waals surface area (Å²) in [6.45, 7) is 0.731. The van der Waals surface area contributed by atoms with Crippen molar-refractivity contribution >= 4 is 5.97 Å². The quantitative estimate of drug-likeness (QED) is 0.0721. The van der Waals surface area contributed by atoms with E-state index in [1.165, 1.54) is 7.11 Å². The average Bonchev–Trinajstić information content (AvgIpc) is 3.40. The number of rotatable bonds is 19. The van der Waals surface area contributed by atoms with Crippen LogP contribution in [0.2, 0.25) is 0 Å². The molecule has 0 amide bonds. The van der Waals surface area contributed by atoms with Gasteiger partial charge < -0.3 is 56.8 Å². The monoisotopic (exact) mass is 924 g/mol. The van der Waals surface area contributed by atoms with Gasteiger partial charge >= 0.3 is 5.97 Å². The molecule has 13 heteroatoms. The second-order valence-corrected chi connectivity index (χ2v) is 16.6. The van der Waals surface area contributed by atoms with Gasteiger partial charge in [0, 0.05) is 5.56 Å². The predicted octanol–water partition coefficient (Wildman–Crippen LogP) is 8.54. The van der Waals surface area contributed by atoms with E-state index >= 15 is 0 Å². The van der Waals surface area contributed by atoms with E-state index in [9.17, 15) is 4.79 Å². The summed E-state index contributed by atoms with van der Waals surface area (Å²) < 4.78 is 79.0. The van der Waals surface area contributed by atoms with Crippen molar-refractivity contribution in [2.75, 3.05) is 20.8 Å². The van der Waals surface area contributed by atoms with Crippen LogP contribution in [0, 0.1) is 0 Å². The Morgan fingerprint density at radius 2 is 0.941 bits per heavy atom. The normalized spacial score (nSPS) is 26.8. The van der Waals surface area contributed by atoms with Gasteiger partial charge in [0.2, 0.25) is 6.29 Å².